The Morgan fingerprint density at radius 2 is 1.54 bits per heavy atom. The summed E-state index contributed by atoms with van der Waals surface area (Å²) in [7, 11) is 0. The molecule has 0 fully saturated rings. The summed E-state index contributed by atoms with van der Waals surface area (Å²) in [6.07, 6.45) is 3.31. The molecule has 0 bridgehead atoms. The molecule has 0 atom stereocenters. The summed E-state index contributed by atoms with van der Waals surface area (Å²) in [6, 6.07) is 5.67. The fourth-order valence-corrected chi connectivity index (χ4v) is 2.20. The van der Waals surface area contributed by atoms with Gasteiger partial charge in [-0.2, -0.15) is 0 Å². The predicted octanol–water partition coefficient (Wildman–Crippen LogP) is 3.68. The standard InChI is InChI=1S/C17H17NO5S.C2H6/c1-9-11(2-4-12(19)16(9)22)3-5-15(24)18-8-10-6-13(20)17(23)14(21)7-10;1-2/h2-7,19-23H,8H2,1H3,(H,18,24);1-2H3/b5-3+;. The first-order chi connectivity index (χ1) is 12.3. The molecule has 0 aliphatic heterocycles. The molecule has 26 heavy (non-hydrogen) atoms. The maximum absolute atomic E-state index is 9.68. The van der Waals surface area contributed by atoms with E-state index in [1.54, 1.807) is 25.1 Å². The lowest BCUT2D eigenvalue weighted by Gasteiger charge is -2.08. The van der Waals surface area contributed by atoms with Gasteiger partial charge in [0, 0.05) is 12.1 Å². The number of benzene rings is 2. The van der Waals surface area contributed by atoms with Gasteiger partial charge in [-0.05, 0) is 42.3 Å². The van der Waals surface area contributed by atoms with Crippen LogP contribution in [0.3, 0.4) is 0 Å². The molecule has 0 heterocycles. The summed E-state index contributed by atoms with van der Waals surface area (Å²) in [5.41, 5.74) is 1.77. The lowest BCUT2D eigenvalue weighted by Crippen LogP contribution is -2.18. The van der Waals surface area contributed by atoms with Gasteiger partial charge in [0.1, 0.15) is 0 Å². The maximum atomic E-state index is 9.68. The minimum Gasteiger partial charge on any atom is -0.504 e. The minimum absolute atomic E-state index is 0.175. The van der Waals surface area contributed by atoms with Crippen molar-refractivity contribution in [2.45, 2.75) is 27.3 Å². The van der Waals surface area contributed by atoms with E-state index in [9.17, 15) is 25.5 Å². The van der Waals surface area contributed by atoms with Crippen molar-refractivity contribution in [3.8, 4) is 28.7 Å². The Kier molecular flexibility index (Phi) is 7.74. The Morgan fingerprint density at radius 1 is 0.962 bits per heavy atom. The molecule has 2 rings (SSSR count). The van der Waals surface area contributed by atoms with Crippen LogP contribution in [0.15, 0.2) is 30.3 Å². The summed E-state index contributed by atoms with van der Waals surface area (Å²) in [6.45, 7) is 5.91. The van der Waals surface area contributed by atoms with Crippen LogP contribution in [0.1, 0.15) is 30.5 Å². The second-order valence-electron chi connectivity index (χ2n) is 5.18. The average Bonchev–Trinajstić information content (AvgIpc) is 2.63. The van der Waals surface area contributed by atoms with Crippen LogP contribution in [-0.4, -0.2) is 30.5 Å². The third-order valence-corrected chi connectivity index (χ3v) is 3.74. The molecule has 0 aromatic heterocycles. The number of nitrogens with one attached hydrogen (secondary N) is 1. The normalized spacial score (nSPS) is 10.3. The molecule has 140 valence electrons. The Hall–Kier alpha value is -2.93. The molecule has 0 aliphatic carbocycles. The van der Waals surface area contributed by atoms with E-state index in [0.717, 1.165) is 0 Å². The second kappa shape index (κ2) is 9.53. The van der Waals surface area contributed by atoms with Crippen molar-refractivity contribution in [3.63, 3.8) is 0 Å². The average molecular weight is 377 g/mol. The predicted molar refractivity (Wildman–Crippen MR) is 106 cm³/mol. The van der Waals surface area contributed by atoms with E-state index in [1.807, 2.05) is 13.8 Å². The van der Waals surface area contributed by atoms with Crippen LogP contribution in [0.4, 0.5) is 0 Å². The molecule has 2 aromatic carbocycles. The van der Waals surface area contributed by atoms with Crippen molar-refractivity contribution >= 4 is 23.3 Å². The number of hydrogen-bond donors (Lipinski definition) is 6. The Labute approximate surface area is 157 Å². The smallest absolute Gasteiger partial charge is 0.200 e. The summed E-state index contributed by atoms with van der Waals surface area (Å²) in [4.78, 5) is 0.397. The highest BCUT2D eigenvalue weighted by Crippen LogP contribution is 2.35. The van der Waals surface area contributed by atoms with Crippen LogP contribution in [0, 0.1) is 6.92 Å². The van der Waals surface area contributed by atoms with Crippen LogP contribution in [0.25, 0.3) is 6.08 Å². The highest BCUT2D eigenvalue weighted by atomic mass is 32.1. The first kappa shape index (κ1) is 21.1. The summed E-state index contributed by atoms with van der Waals surface area (Å²) < 4.78 is 0. The Morgan fingerprint density at radius 3 is 2.12 bits per heavy atom. The van der Waals surface area contributed by atoms with Gasteiger partial charge in [0.2, 0.25) is 0 Å². The lowest BCUT2D eigenvalue weighted by molar-refractivity contribution is 0.367. The van der Waals surface area contributed by atoms with Crippen molar-refractivity contribution < 1.29 is 25.5 Å². The van der Waals surface area contributed by atoms with Gasteiger partial charge in [-0.1, -0.05) is 38.2 Å². The van der Waals surface area contributed by atoms with Gasteiger partial charge in [0.15, 0.2) is 28.7 Å². The van der Waals surface area contributed by atoms with Gasteiger partial charge in [-0.15, -0.1) is 0 Å². The SMILES string of the molecule is CC.Cc1c(/C=C/C(=S)NCc2cc(O)c(O)c(O)c2)ccc(O)c1O. The molecule has 0 saturated heterocycles. The van der Waals surface area contributed by atoms with Gasteiger partial charge in [-0.3, -0.25) is 0 Å². The third kappa shape index (κ3) is 5.29. The van der Waals surface area contributed by atoms with Gasteiger partial charge in [0.25, 0.3) is 0 Å². The molecule has 0 saturated carbocycles. The molecular formula is C19H23NO5S. The zero-order valence-corrected chi connectivity index (χ0v) is 15.6. The second-order valence-corrected chi connectivity index (χ2v) is 5.62. The van der Waals surface area contributed by atoms with E-state index in [0.29, 0.717) is 21.7 Å². The van der Waals surface area contributed by atoms with Crippen LogP contribution in [-0.2, 0) is 6.54 Å². The van der Waals surface area contributed by atoms with Gasteiger partial charge in [-0.25, -0.2) is 0 Å². The summed E-state index contributed by atoms with van der Waals surface area (Å²) in [5, 5.41) is 50.2. The van der Waals surface area contributed by atoms with Crippen molar-refractivity contribution in [2.24, 2.45) is 0 Å². The Bertz CT molecular complexity index is 795. The zero-order chi connectivity index (χ0) is 19.9. The summed E-state index contributed by atoms with van der Waals surface area (Å²) in [5.74, 6) is -1.75. The highest BCUT2D eigenvalue weighted by molar-refractivity contribution is 7.80. The molecule has 2 aromatic rings. The van der Waals surface area contributed by atoms with E-state index in [2.05, 4.69) is 5.32 Å². The molecule has 6 N–H and O–H groups in total. The topological polar surface area (TPSA) is 113 Å². The van der Waals surface area contributed by atoms with Crippen molar-refractivity contribution in [1.82, 2.24) is 5.32 Å². The fraction of sp³-hybridized carbons (Fsp3) is 0.211. The molecule has 6 nitrogen and oxygen atoms in total. The lowest BCUT2D eigenvalue weighted by atomic mass is 10.1. The van der Waals surface area contributed by atoms with Crippen molar-refractivity contribution in [2.75, 3.05) is 0 Å². The van der Waals surface area contributed by atoms with Crippen LogP contribution >= 0.6 is 12.2 Å². The first-order valence-electron chi connectivity index (χ1n) is 8.01. The summed E-state index contributed by atoms with van der Waals surface area (Å²) >= 11 is 5.16. The fourth-order valence-electron chi connectivity index (χ4n) is 2.06. The number of rotatable bonds is 4. The quantitative estimate of drug-likeness (QED) is 0.274. The molecule has 0 aliphatic rings. The first-order valence-corrected chi connectivity index (χ1v) is 8.41. The Balaban J connectivity index is 0.00000163. The minimum atomic E-state index is -0.566. The number of aromatic hydroxyl groups is 5. The number of hydrogen-bond acceptors (Lipinski definition) is 6. The number of phenols is 5. The van der Waals surface area contributed by atoms with Crippen LogP contribution < -0.4 is 5.32 Å². The van der Waals surface area contributed by atoms with E-state index >= 15 is 0 Å². The molecule has 0 radical (unpaired) electrons. The molecule has 7 heteroatoms. The van der Waals surface area contributed by atoms with Crippen molar-refractivity contribution in [3.05, 3.63) is 47.0 Å². The van der Waals surface area contributed by atoms with Gasteiger partial charge < -0.3 is 30.8 Å². The van der Waals surface area contributed by atoms with Crippen LogP contribution in [0.2, 0.25) is 0 Å². The van der Waals surface area contributed by atoms with E-state index in [-0.39, 0.29) is 18.0 Å². The van der Waals surface area contributed by atoms with Gasteiger partial charge >= 0.3 is 0 Å². The van der Waals surface area contributed by atoms with Gasteiger partial charge in [0.05, 0.1) is 4.99 Å². The molecule has 0 spiro atoms. The number of thiocarbonyl (C=S) groups is 1. The number of phenolic OH excluding ortho intramolecular Hbond substituents is 5. The van der Waals surface area contributed by atoms with E-state index in [1.165, 1.54) is 18.2 Å². The van der Waals surface area contributed by atoms with Crippen LogP contribution in [0.5, 0.6) is 28.7 Å². The van der Waals surface area contributed by atoms with Crippen molar-refractivity contribution in [1.29, 1.82) is 0 Å². The highest BCUT2D eigenvalue weighted by Gasteiger charge is 2.08. The maximum Gasteiger partial charge on any atom is 0.200 e. The molecule has 0 amide bonds. The van der Waals surface area contributed by atoms with E-state index in [4.69, 9.17) is 12.2 Å². The third-order valence-electron chi connectivity index (χ3n) is 3.46. The molecular weight excluding hydrogens is 354 g/mol. The monoisotopic (exact) mass is 377 g/mol. The largest absolute Gasteiger partial charge is 0.504 e. The zero-order valence-electron chi connectivity index (χ0n) is 14.8. The van der Waals surface area contributed by atoms with E-state index < -0.39 is 17.2 Å². The molecule has 0 unspecified atom stereocenters.